The zero-order valence-corrected chi connectivity index (χ0v) is 12.1. The third-order valence-electron chi connectivity index (χ3n) is 3.39. The van der Waals surface area contributed by atoms with Gasteiger partial charge in [-0.1, -0.05) is 19.9 Å². The van der Waals surface area contributed by atoms with Gasteiger partial charge in [-0.3, -0.25) is 4.79 Å². The van der Waals surface area contributed by atoms with Crippen LogP contribution in [0.1, 0.15) is 19.4 Å². The minimum atomic E-state index is -0.474. The molecule has 6 nitrogen and oxygen atoms in total. The van der Waals surface area contributed by atoms with Gasteiger partial charge in [-0.15, -0.1) is 0 Å². The topological polar surface area (TPSA) is 85.2 Å². The summed E-state index contributed by atoms with van der Waals surface area (Å²) < 4.78 is 0. The quantitative estimate of drug-likeness (QED) is 0.865. The Morgan fingerprint density at radius 2 is 2.29 bits per heavy atom. The summed E-state index contributed by atoms with van der Waals surface area (Å²) in [5.74, 6) is -0.0985. The number of piperazine rings is 1. The van der Waals surface area contributed by atoms with E-state index in [9.17, 15) is 9.59 Å². The van der Waals surface area contributed by atoms with E-state index in [-0.39, 0.29) is 17.9 Å². The summed E-state index contributed by atoms with van der Waals surface area (Å²) in [7, 11) is 0. The first kappa shape index (κ1) is 14.9. The smallest absolute Gasteiger partial charge is 0.322 e. The number of hydrogen-bond acceptors (Lipinski definition) is 3. The van der Waals surface area contributed by atoms with E-state index >= 15 is 0 Å². The molecular formula is C15H18N4O2. The molecule has 21 heavy (non-hydrogen) atoms. The van der Waals surface area contributed by atoms with Crippen LogP contribution >= 0.6 is 0 Å². The monoisotopic (exact) mass is 286 g/mol. The molecule has 1 atom stereocenters. The fraction of sp³-hybridized carbons (Fsp3) is 0.400. The highest BCUT2D eigenvalue weighted by Gasteiger charge is 2.35. The van der Waals surface area contributed by atoms with Crippen molar-refractivity contribution in [2.24, 2.45) is 5.92 Å². The molecule has 1 aliphatic heterocycles. The lowest BCUT2D eigenvalue weighted by molar-refractivity contribution is -0.129. The predicted molar refractivity (Wildman–Crippen MR) is 78.5 cm³/mol. The zero-order chi connectivity index (χ0) is 15.4. The van der Waals surface area contributed by atoms with Crippen molar-refractivity contribution < 1.29 is 9.59 Å². The van der Waals surface area contributed by atoms with E-state index < -0.39 is 6.04 Å². The van der Waals surface area contributed by atoms with Crippen LogP contribution < -0.4 is 10.6 Å². The third-order valence-corrected chi connectivity index (χ3v) is 3.39. The van der Waals surface area contributed by atoms with Crippen LogP contribution in [0.2, 0.25) is 0 Å². The molecule has 1 saturated heterocycles. The maximum absolute atomic E-state index is 12.4. The summed E-state index contributed by atoms with van der Waals surface area (Å²) in [5, 5.41) is 14.4. The molecule has 0 saturated carbocycles. The van der Waals surface area contributed by atoms with Gasteiger partial charge < -0.3 is 15.5 Å². The van der Waals surface area contributed by atoms with Crippen LogP contribution in [-0.4, -0.2) is 36.0 Å². The third kappa shape index (κ3) is 3.31. The summed E-state index contributed by atoms with van der Waals surface area (Å²) >= 11 is 0. The van der Waals surface area contributed by atoms with Gasteiger partial charge in [-0.05, 0) is 24.1 Å². The molecule has 0 aromatic heterocycles. The molecule has 6 heteroatoms. The van der Waals surface area contributed by atoms with Gasteiger partial charge in [0.2, 0.25) is 5.91 Å². The Labute approximate surface area is 123 Å². The highest BCUT2D eigenvalue weighted by atomic mass is 16.2. The Hall–Kier alpha value is -2.55. The average molecular weight is 286 g/mol. The standard InChI is InChI=1S/C15H18N4O2/c1-10(2)13-14(20)17-6-7-19(13)15(21)18-12-5-3-4-11(8-12)9-16/h3-5,8,10,13H,6-7H2,1-2H3,(H,17,20)(H,18,21). The second-order valence-corrected chi connectivity index (χ2v) is 5.30. The molecule has 2 N–H and O–H groups in total. The summed E-state index contributed by atoms with van der Waals surface area (Å²) in [6.07, 6.45) is 0. The van der Waals surface area contributed by atoms with Crippen molar-refractivity contribution in [3.63, 3.8) is 0 Å². The van der Waals surface area contributed by atoms with Crippen molar-refractivity contribution >= 4 is 17.6 Å². The van der Waals surface area contributed by atoms with Gasteiger partial charge >= 0.3 is 6.03 Å². The van der Waals surface area contributed by atoms with Gasteiger partial charge in [0.05, 0.1) is 11.6 Å². The molecule has 110 valence electrons. The Morgan fingerprint density at radius 3 is 2.95 bits per heavy atom. The Balaban J connectivity index is 2.14. The molecule has 0 bridgehead atoms. The Kier molecular flexibility index (Phi) is 4.43. The molecule has 1 fully saturated rings. The second kappa shape index (κ2) is 6.27. The molecule has 1 aromatic rings. The summed E-state index contributed by atoms with van der Waals surface area (Å²) in [6.45, 7) is 4.74. The van der Waals surface area contributed by atoms with Gasteiger partial charge in [-0.2, -0.15) is 5.26 Å². The number of rotatable bonds is 2. The van der Waals surface area contributed by atoms with Gasteiger partial charge in [0, 0.05) is 18.8 Å². The molecule has 1 aromatic carbocycles. The maximum Gasteiger partial charge on any atom is 0.322 e. The molecule has 3 amide bonds. The highest BCUT2D eigenvalue weighted by Crippen LogP contribution is 2.17. The van der Waals surface area contributed by atoms with E-state index in [4.69, 9.17) is 5.26 Å². The van der Waals surface area contributed by atoms with E-state index in [2.05, 4.69) is 10.6 Å². The van der Waals surface area contributed by atoms with E-state index in [1.807, 2.05) is 19.9 Å². The lowest BCUT2D eigenvalue weighted by atomic mass is 10.00. The summed E-state index contributed by atoms with van der Waals surface area (Å²) in [5.41, 5.74) is 1.03. The van der Waals surface area contributed by atoms with Crippen LogP contribution in [0.25, 0.3) is 0 Å². The highest BCUT2D eigenvalue weighted by molar-refractivity contribution is 5.94. The van der Waals surface area contributed by atoms with Crippen LogP contribution in [0.15, 0.2) is 24.3 Å². The lowest BCUT2D eigenvalue weighted by Crippen LogP contribution is -2.60. The molecule has 0 spiro atoms. The molecule has 2 rings (SSSR count). The first-order chi connectivity index (χ1) is 10.0. The number of benzene rings is 1. The van der Waals surface area contributed by atoms with Crippen molar-refractivity contribution in [2.75, 3.05) is 18.4 Å². The number of hydrogen-bond donors (Lipinski definition) is 2. The average Bonchev–Trinajstić information content (AvgIpc) is 2.46. The lowest BCUT2D eigenvalue weighted by Gasteiger charge is -2.37. The first-order valence-corrected chi connectivity index (χ1v) is 6.88. The van der Waals surface area contributed by atoms with Crippen LogP contribution in [0.5, 0.6) is 0 Å². The van der Waals surface area contributed by atoms with Crippen LogP contribution in [-0.2, 0) is 4.79 Å². The Morgan fingerprint density at radius 1 is 1.52 bits per heavy atom. The van der Waals surface area contributed by atoms with Crippen LogP contribution in [0, 0.1) is 17.2 Å². The molecular weight excluding hydrogens is 268 g/mol. The van der Waals surface area contributed by atoms with Gasteiger partial charge in [0.25, 0.3) is 0 Å². The Bertz CT molecular complexity index is 592. The van der Waals surface area contributed by atoms with Gasteiger partial charge in [0.15, 0.2) is 0 Å². The predicted octanol–water partition coefficient (Wildman–Crippen LogP) is 1.55. The first-order valence-electron chi connectivity index (χ1n) is 6.88. The van der Waals surface area contributed by atoms with Crippen molar-refractivity contribution in [1.29, 1.82) is 5.26 Å². The van der Waals surface area contributed by atoms with Gasteiger partial charge in [-0.25, -0.2) is 4.79 Å². The van der Waals surface area contributed by atoms with Gasteiger partial charge in [0.1, 0.15) is 6.04 Å². The SMILES string of the molecule is CC(C)C1C(=O)NCCN1C(=O)Nc1cccc(C#N)c1. The molecule has 0 radical (unpaired) electrons. The summed E-state index contributed by atoms with van der Waals surface area (Å²) in [4.78, 5) is 25.9. The fourth-order valence-electron chi connectivity index (χ4n) is 2.44. The summed E-state index contributed by atoms with van der Waals surface area (Å²) in [6, 6.07) is 7.92. The molecule has 1 aliphatic rings. The van der Waals surface area contributed by atoms with Crippen LogP contribution in [0.4, 0.5) is 10.5 Å². The minimum absolute atomic E-state index is 0.0292. The number of anilines is 1. The fourth-order valence-corrected chi connectivity index (χ4v) is 2.44. The second-order valence-electron chi connectivity index (χ2n) is 5.30. The van der Waals surface area contributed by atoms with Crippen molar-refractivity contribution in [3.8, 4) is 6.07 Å². The minimum Gasteiger partial charge on any atom is -0.353 e. The zero-order valence-electron chi connectivity index (χ0n) is 12.1. The van der Waals surface area contributed by atoms with E-state index in [1.165, 1.54) is 0 Å². The van der Waals surface area contributed by atoms with Crippen LogP contribution in [0.3, 0.4) is 0 Å². The maximum atomic E-state index is 12.4. The number of urea groups is 1. The number of nitrogens with one attached hydrogen (secondary N) is 2. The van der Waals surface area contributed by atoms with E-state index in [1.54, 1.807) is 29.2 Å². The molecule has 0 aliphatic carbocycles. The number of nitrogens with zero attached hydrogens (tertiary/aromatic N) is 2. The molecule has 1 unspecified atom stereocenters. The number of carbonyl (C=O) groups is 2. The van der Waals surface area contributed by atoms with E-state index in [0.717, 1.165) is 0 Å². The van der Waals surface area contributed by atoms with E-state index in [0.29, 0.717) is 24.3 Å². The number of nitriles is 1. The van der Waals surface area contributed by atoms with Crippen molar-refractivity contribution in [1.82, 2.24) is 10.2 Å². The largest absolute Gasteiger partial charge is 0.353 e. The number of amides is 3. The van der Waals surface area contributed by atoms with Crippen molar-refractivity contribution in [3.05, 3.63) is 29.8 Å². The van der Waals surface area contributed by atoms with Crippen molar-refractivity contribution in [2.45, 2.75) is 19.9 Å². The molecule has 1 heterocycles. The normalized spacial score (nSPS) is 18.1. The number of carbonyl (C=O) groups excluding carboxylic acids is 2.